The maximum atomic E-state index is 13.1. The van der Waals surface area contributed by atoms with Crippen molar-refractivity contribution in [3.8, 4) is 5.75 Å². The zero-order chi connectivity index (χ0) is 17.9. The van der Waals surface area contributed by atoms with Crippen LogP contribution in [0.3, 0.4) is 0 Å². The summed E-state index contributed by atoms with van der Waals surface area (Å²) < 4.78 is 44.7. The molecule has 1 aromatic rings. The minimum atomic E-state index is -4.43. The predicted molar refractivity (Wildman–Crippen MR) is 84.8 cm³/mol. The Morgan fingerprint density at radius 3 is 2.62 bits per heavy atom. The van der Waals surface area contributed by atoms with Crippen molar-refractivity contribution in [2.75, 3.05) is 13.2 Å². The van der Waals surface area contributed by atoms with Crippen LogP contribution < -0.4 is 10.5 Å². The third kappa shape index (κ3) is 4.63. The summed E-state index contributed by atoms with van der Waals surface area (Å²) in [6.45, 7) is 3.89. The van der Waals surface area contributed by atoms with E-state index in [4.69, 9.17) is 10.5 Å². The van der Waals surface area contributed by atoms with Crippen molar-refractivity contribution < 1.29 is 22.7 Å². The monoisotopic (exact) mass is 344 g/mol. The van der Waals surface area contributed by atoms with E-state index in [2.05, 4.69) is 0 Å². The average Bonchev–Trinajstić information content (AvgIpc) is 2.49. The molecule has 1 heterocycles. The Kier molecular flexibility index (Phi) is 5.74. The fourth-order valence-electron chi connectivity index (χ4n) is 2.82. The number of carbonyl (C=O) groups excluding carboxylic acids is 1. The summed E-state index contributed by atoms with van der Waals surface area (Å²) in [5.74, 6) is 0.0323. The van der Waals surface area contributed by atoms with Gasteiger partial charge in [0.15, 0.2) is 0 Å². The molecule has 0 bridgehead atoms. The number of hydrogen-bond acceptors (Lipinski definition) is 3. The van der Waals surface area contributed by atoms with Crippen LogP contribution in [0, 0.1) is 13.8 Å². The van der Waals surface area contributed by atoms with Crippen LogP contribution in [-0.2, 0) is 4.79 Å². The van der Waals surface area contributed by atoms with E-state index in [0.717, 1.165) is 16.0 Å². The van der Waals surface area contributed by atoms with E-state index < -0.39 is 24.2 Å². The maximum Gasteiger partial charge on any atom is 0.408 e. The normalized spacial score (nSPS) is 21.7. The molecule has 4 nitrogen and oxygen atoms in total. The highest BCUT2D eigenvalue weighted by Gasteiger charge is 2.47. The average molecular weight is 344 g/mol. The molecule has 0 aliphatic carbocycles. The van der Waals surface area contributed by atoms with Crippen molar-refractivity contribution in [1.29, 1.82) is 0 Å². The molecule has 0 saturated carbocycles. The van der Waals surface area contributed by atoms with Gasteiger partial charge in [0, 0.05) is 12.6 Å². The number of nitrogens with two attached hydrogens (primary N) is 1. The highest BCUT2D eigenvalue weighted by molar-refractivity contribution is 5.77. The smallest absolute Gasteiger partial charge is 0.408 e. The molecule has 2 N–H and O–H groups in total. The molecule has 0 radical (unpaired) electrons. The summed E-state index contributed by atoms with van der Waals surface area (Å²) in [6.07, 6.45) is -4.40. The summed E-state index contributed by atoms with van der Waals surface area (Å²) in [6, 6.07) is 3.37. The van der Waals surface area contributed by atoms with Gasteiger partial charge in [-0.3, -0.25) is 4.79 Å². The Bertz CT molecular complexity index is 590. The first-order valence-electron chi connectivity index (χ1n) is 8.00. The Balaban J connectivity index is 1.93. The third-order valence-electron chi connectivity index (χ3n) is 4.38. The van der Waals surface area contributed by atoms with Gasteiger partial charge in [-0.15, -0.1) is 0 Å². The summed E-state index contributed by atoms with van der Waals surface area (Å²) in [5, 5.41) is 0. The van der Waals surface area contributed by atoms with Gasteiger partial charge in [-0.1, -0.05) is 6.07 Å². The summed E-state index contributed by atoms with van der Waals surface area (Å²) >= 11 is 0. The number of piperidine rings is 1. The Hall–Kier alpha value is -1.76. The second-order valence-corrected chi connectivity index (χ2v) is 6.29. The Morgan fingerprint density at radius 1 is 1.29 bits per heavy atom. The predicted octanol–water partition coefficient (Wildman–Crippen LogP) is 2.95. The lowest BCUT2D eigenvalue weighted by Crippen LogP contribution is -2.56. The van der Waals surface area contributed by atoms with Crippen LogP contribution in [0.5, 0.6) is 5.75 Å². The van der Waals surface area contributed by atoms with Gasteiger partial charge < -0.3 is 15.4 Å². The van der Waals surface area contributed by atoms with E-state index in [0.29, 0.717) is 5.75 Å². The molecular formula is C17H23F3N2O2. The first-order chi connectivity index (χ1) is 11.2. The van der Waals surface area contributed by atoms with E-state index >= 15 is 0 Å². The van der Waals surface area contributed by atoms with Crippen LogP contribution in [0.25, 0.3) is 0 Å². The fraction of sp³-hybridized carbons (Fsp3) is 0.588. The molecule has 1 fully saturated rings. The molecule has 7 heteroatoms. The molecule has 1 aromatic carbocycles. The number of halogens is 3. The molecule has 2 atom stereocenters. The van der Waals surface area contributed by atoms with Crippen LogP contribution in [0.2, 0.25) is 0 Å². The number of ether oxygens (including phenoxy) is 1. The molecule has 1 saturated heterocycles. The van der Waals surface area contributed by atoms with Crippen LogP contribution in [-0.4, -0.2) is 42.2 Å². The van der Waals surface area contributed by atoms with Crippen LogP contribution >= 0.6 is 0 Å². The highest BCUT2D eigenvalue weighted by Crippen LogP contribution is 2.32. The quantitative estimate of drug-likeness (QED) is 0.914. The van der Waals surface area contributed by atoms with Gasteiger partial charge in [0.05, 0.1) is 13.0 Å². The van der Waals surface area contributed by atoms with Crippen molar-refractivity contribution in [3.63, 3.8) is 0 Å². The van der Waals surface area contributed by atoms with Gasteiger partial charge in [0.1, 0.15) is 11.8 Å². The summed E-state index contributed by atoms with van der Waals surface area (Å²) in [7, 11) is 0. The van der Waals surface area contributed by atoms with Crippen molar-refractivity contribution in [2.24, 2.45) is 5.73 Å². The highest BCUT2D eigenvalue weighted by atomic mass is 19.4. The standard InChI is InChI=1S/C17H23F3N2O2/c1-11-3-5-14(9-12(11)2)24-8-7-16(23)22-10-13(21)4-6-15(22)17(18,19)20/h3,5,9,13,15H,4,6-8,10,21H2,1-2H3/t13-,15-/m0/s1. The number of aryl methyl sites for hydroxylation is 2. The molecule has 0 unspecified atom stereocenters. The molecule has 1 amide bonds. The second kappa shape index (κ2) is 7.42. The number of alkyl halides is 3. The van der Waals surface area contributed by atoms with Gasteiger partial charge in [0.2, 0.25) is 5.91 Å². The van der Waals surface area contributed by atoms with Crippen LogP contribution in [0.15, 0.2) is 18.2 Å². The molecule has 1 aliphatic heterocycles. The van der Waals surface area contributed by atoms with Gasteiger partial charge >= 0.3 is 6.18 Å². The first kappa shape index (κ1) is 18.6. The zero-order valence-corrected chi connectivity index (χ0v) is 13.9. The Morgan fingerprint density at radius 2 is 2.00 bits per heavy atom. The van der Waals surface area contributed by atoms with Crippen LogP contribution in [0.1, 0.15) is 30.4 Å². The third-order valence-corrected chi connectivity index (χ3v) is 4.38. The summed E-state index contributed by atoms with van der Waals surface area (Å²) in [4.78, 5) is 13.1. The van der Waals surface area contributed by atoms with Crippen molar-refractivity contribution in [3.05, 3.63) is 29.3 Å². The number of amides is 1. The molecule has 0 spiro atoms. The lowest BCUT2D eigenvalue weighted by Gasteiger charge is -2.39. The van der Waals surface area contributed by atoms with E-state index in [1.54, 1.807) is 6.07 Å². The molecule has 0 aromatic heterocycles. The number of nitrogens with zero attached hydrogens (tertiary/aromatic N) is 1. The van der Waals surface area contributed by atoms with Crippen LogP contribution in [0.4, 0.5) is 13.2 Å². The molecule has 2 rings (SSSR count). The topological polar surface area (TPSA) is 55.6 Å². The minimum Gasteiger partial charge on any atom is -0.493 e. The zero-order valence-electron chi connectivity index (χ0n) is 13.9. The van der Waals surface area contributed by atoms with E-state index in [9.17, 15) is 18.0 Å². The Labute approximate surface area is 139 Å². The number of rotatable bonds is 4. The SMILES string of the molecule is Cc1ccc(OCCC(=O)N2C[C@@H](N)CC[C@H]2C(F)(F)F)cc1C. The maximum absolute atomic E-state index is 13.1. The minimum absolute atomic E-state index is 0.0393. The fourth-order valence-corrected chi connectivity index (χ4v) is 2.82. The van der Waals surface area contributed by atoms with Gasteiger partial charge in [0.25, 0.3) is 0 Å². The van der Waals surface area contributed by atoms with Crippen molar-refractivity contribution in [2.45, 2.75) is 51.4 Å². The largest absolute Gasteiger partial charge is 0.493 e. The molecule has 1 aliphatic rings. The summed E-state index contributed by atoms with van der Waals surface area (Å²) in [5.41, 5.74) is 7.90. The van der Waals surface area contributed by atoms with Gasteiger partial charge in [-0.05, 0) is 49.9 Å². The van der Waals surface area contributed by atoms with E-state index in [1.165, 1.54) is 0 Å². The molecular weight excluding hydrogens is 321 g/mol. The second-order valence-electron chi connectivity index (χ2n) is 6.29. The number of hydrogen-bond donors (Lipinski definition) is 1. The number of carbonyl (C=O) groups is 1. The van der Waals surface area contributed by atoms with Crippen molar-refractivity contribution >= 4 is 5.91 Å². The lowest BCUT2D eigenvalue weighted by molar-refractivity contribution is -0.197. The van der Waals surface area contributed by atoms with E-state index in [1.807, 2.05) is 26.0 Å². The van der Waals surface area contributed by atoms with E-state index in [-0.39, 0.29) is 32.4 Å². The van der Waals surface area contributed by atoms with Gasteiger partial charge in [-0.25, -0.2) is 0 Å². The molecule has 24 heavy (non-hydrogen) atoms. The molecule has 134 valence electrons. The van der Waals surface area contributed by atoms with Gasteiger partial charge in [-0.2, -0.15) is 13.2 Å². The van der Waals surface area contributed by atoms with Crippen molar-refractivity contribution in [1.82, 2.24) is 4.90 Å². The number of likely N-dealkylation sites (tertiary alicyclic amines) is 1. The lowest BCUT2D eigenvalue weighted by atomic mass is 9.98. The first-order valence-corrected chi connectivity index (χ1v) is 8.00. The number of benzene rings is 1.